The zero-order valence-electron chi connectivity index (χ0n) is 14.5. The molecule has 134 valence electrons. The Hall–Kier alpha value is -3.03. The van der Waals surface area contributed by atoms with E-state index in [-0.39, 0.29) is 12.5 Å². The molecule has 8 nitrogen and oxygen atoms in total. The summed E-state index contributed by atoms with van der Waals surface area (Å²) < 4.78 is 3.73. The van der Waals surface area contributed by atoms with Crippen molar-refractivity contribution < 1.29 is 4.79 Å². The summed E-state index contributed by atoms with van der Waals surface area (Å²) in [6.45, 7) is 2.28. The maximum absolute atomic E-state index is 12.5. The second-order valence-corrected chi connectivity index (χ2v) is 6.39. The lowest BCUT2D eigenvalue weighted by molar-refractivity contribution is -0.132. The van der Waals surface area contributed by atoms with Crippen molar-refractivity contribution in [1.82, 2.24) is 34.4 Å². The maximum Gasteiger partial charge on any atom is 0.244 e. The van der Waals surface area contributed by atoms with Gasteiger partial charge in [0.2, 0.25) is 5.91 Å². The van der Waals surface area contributed by atoms with Gasteiger partial charge in [0.05, 0.1) is 0 Å². The molecule has 26 heavy (non-hydrogen) atoms. The highest BCUT2D eigenvalue weighted by Crippen LogP contribution is 2.12. The van der Waals surface area contributed by atoms with E-state index in [2.05, 4.69) is 49.1 Å². The molecule has 0 N–H and O–H groups in total. The Morgan fingerprint density at radius 3 is 2.73 bits per heavy atom. The first-order valence-electron chi connectivity index (χ1n) is 8.84. The normalized spacial score (nSPS) is 14.1. The summed E-state index contributed by atoms with van der Waals surface area (Å²) in [6, 6.07) is 10.4. The van der Waals surface area contributed by atoms with E-state index in [0.29, 0.717) is 13.1 Å². The van der Waals surface area contributed by atoms with Gasteiger partial charge in [0.15, 0.2) is 0 Å². The van der Waals surface area contributed by atoms with Gasteiger partial charge in [0, 0.05) is 32.5 Å². The van der Waals surface area contributed by atoms with Crippen LogP contribution in [0.2, 0.25) is 0 Å². The number of amides is 1. The number of fused-ring (bicyclic) bond motifs is 1. The highest BCUT2D eigenvalue weighted by Gasteiger charge is 2.22. The van der Waals surface area contributed by atoms with Crippen molar-refractivity contribution in [1.29, 1.82) is 0 Å². The minimum Gasteiger partial charge on any atom is -0.339 e. The Balaban J connectivity index is 1.39. The molecule has 0 bridgehead atoms. The molecule has 0 atom stereocenters. The summed E-state index contributed by atoms with van der Waals surface area (Å²) in [6.07, 6.45) is 5.52. The Morgan fingerprint density at radius 1 is 1.04 bits per heavy atom. The third-order valence-corrected chi connectivity index (χ3v) is 4.70. The van der Waals surface area contributed by atoms with Gasteiger partial charge < -0.3 is 9.47 Å². The summed E-state index contributed by atoms with van der Waals surface area (Å²) in [5, 5.41) is 12.7. The molecule has 1 aliphatic heterocycles. The first-order chi connectivity index (χ1) is 12.8. The first-order valence-corrected chi connectivity index (χ1v) is 8.84. The molecule has 0 radical (unpaired) electrons. The molecule has 2 aromatic heterocycles. The van der Waals surface area contributed by atoms with Crippen LogP contribution in [-0.4, -0.2) is 53.4 Å². The van der Waals surface area contributed by atoms with Crippen LogP contribution < -0.4 is 0 Å². The standard InChI is InChI=1S/C18H21N7O/c26-18(12-24-14-19-13-20-24)23-9-8-17-22-21-16(25(17)11-10-23)7-6-15-4-2-1-3-5-15/h1-5,13-14H,6-12H2. The largest absolute Gasteiger partial charge is 0.339 e. The molecule has 1 aromatic carbocycles. The van der Waals surface area contributed by atoms with Crippen LogP contribution >= 0.6 is 0 Å². The molecule has 8 heteroatoms. The van der Waals surface area contributed by atoms with Gasteiger partial charge in [-0.05, 0) is 12.0 Å². The van der Waals surface area contributed by atoms with Crippen LogP contribution in [0.25, 0.3) is 0 Å². The van der Waals surface area contributed by atoms with Crippen molar-refractivity contribution in [2.75, 3.05) is 13.1 Å². The van der Waals surface area contributed by atoms with Crippen molar-refractivity contribution in [3.05, 3.63) is 60.2 Å². The van der Waals surface area contributed by atoms with E-state index in [9.17, 15) is 4.79 Å². The molecule has 0 saturated heterocycles. The smallest absolute Gasteiger partial charge is 0.244 e. The van der Waals surface area contributed by atoms with Gasteiger partial charge in [0.1, 0.15) is 30.8 Å². The quantitative estimate of drug-likeness (QED) is 0.677. The van der Waals surface area contributed by atoms with Crippen LogP contribution in [0, 0.1) is 0 Å². The van der Waals surface area contributed by atoms with Crippen LogP contribution in [0.5, 0.6) is 0 Å². The van der Waals surface area contributed by atoms with Gasteiger partial charge >= 0.3 is 0 Å². The van der Waals surface area contributed by atoms with Crippen molar-refractivity contribution in [2.24, 2.45) is 0 Å². The fourth-order valence-corrected chi connectivity index (χ4v) is 3.27. The van der Waals surface area contributed by atoms with Gasteiger partial charge in [-0.2, -0.15) is 5.10 Å². The molecular weight excluding hydrogens is 330 g/mol. The average Bonchev–Trinajstić information content (AvgIpc) is 3.26. The SMILES string of the molecule is O=C(Cn1cncn1)N1CCc2nnc(CCc3ccccc3)n2CC1. The Kier molecular flexibility index (Phi) is 4.72. The molecule has 1 aliphatic rings. The summed E-state index contributed by atoms with van der Waals surface area (Å²) in [5.41, 5.74) is 1.29. The lowest BCUT2D eigenvalue weighted by Crippen LogP contribution is -2.36. The number of rotatable bonds is 5. The molecule has 0 unspecified atom stereocenters. The van der Waals surface area contributed by atoms with Crippen LogP contribution in [0.15, 0.2) is 43.0 Å². The summed E-state index contributed by atoms with van der Waals surface area (Å²) in [5.74, 6) is 2.01. The number of hydrogen-bond acceptors (Lipinski definition) is 5. The van der Waals surface area contributed by atoms with Crippen LogP contribution in [0.3, 0.4) is 0 Å². The first kappa shape index (κ1) is 16.4. The Morgan fingerprint density at radius 2 is 1.92 bits per heavy atom. The van der Waals surface area contributed by atoms with Crippen LogP contribution in [0.1, 0.15) is 17.2 Å². The fraction of sp³-hybridized carbons (Fsp3) is 0.389. The van der Waals surface area contributed by atoms with Crippen molar-refractivity contribution in [3.8, 4) is 0 Å². The number of hydrogen-bond donors (Lipinski definition) is 0. The van der Waals surface area contributed by atoms with E-state index in [0.717, 1.165) is 37.5 Å². The van der Waals surface area contributed by atoms with E-state index in [1.165, 1.54) is 11.9 Å². The van der Waals surface area contributed by atoms with Gasteiger partial charge in [-0.3, -0.25) is 4.79 Å². The second kappa shape index (κ2) is 7.47. The third-order valence-electron chi connectivity index (χ3n) is 4.70. The number of nitrogens with zero attached hydrogens (tertiary/aromatic N) is 7. The third kappa shape index (κ3) is 3.63. The van der Waals surface area contributed by atoms with Crippen molar-refractivity contribution in [2.45, 2.75) is 32.4 Å². The van der Waals surface area contributed by atoms with Crippen LogP contribution in [-0.2, 0) is 37.1 Å². The molecule has 0 saturated carbocycles. The van der Waals surface area contributed by atoms with E-state index in [4.69, 9.17) is 0 Å². The van der Waals surface area contributed by atoms with Gasteiger partial charge in [-0.25, -0.2) is 9.67 Å². The average molecular weight is 351 g/mol. The molecule has 0 fully saturated rings. The topological polar surface area (TPSA) is 81.7 Å². The molecule has 3 heterocycles. The minimum atomic E-state index is 0.0556. The fourth-order valence-electron chi connectivity index (χ4n) is 3.27. The molecule has 4 rings (SSSR count). The maximum atomic E-state index is 12.5. The summed E-state index contributed by atoms with van der Waals surface area (Å²) in [7, 11) is 0. The molecule has 1 amide bonds. The zero-order chi connectivity index (χ0) is 17.8. The second-order valence-electron chi connectivity index (χ2n) is 6.39. The highest BCUT2D eigenvalue weighted by atomic mass is 16.2. The minimum absolute atomic E-state index is 0.0556. The zero-order valence-corrected chi connectivity index (χ0v) is 14.5. The lowest BCUT2D eigenvalue weighted by atomic mass is 10.1. The van der Waals surface area contributed by atoms with E-state index >= 15 is 0 Å². The van der Waals surface area contributed by atoms with E-state index in [1.807, 2.05) is 11.0 Å². The summed E-state index contributed by atoms with van der Waals surface area (Å²) >= 11 is 0. The van der Waals surface area contributed by atoms with E-state index in [1.54, 1.807) is 11.0 Å². The van der Waals surface area contributed by atoms with Crippen LogP contribution in [0.4, 0.5) is 0 Å². The number of carbonyl (C=O) groups excluding carboxylic acids is 1. The predicted octanol–water partition coefficient (Wildman–Crippen LogP) is 0.740. The van der Waals surface area contributed by atoms with Gasteiger partial charge in [-0.15, -0.1) is 10.2 Å². The predicted molar refractivity (Wildman–Crippen MR) is 94.2 cm³/mol. The number of carbonyl (C=O) groups is 1. The van der Waals surface area contributed by atoms with Gasteiger partial charge in [0.25, 0.3) is 0 Å². The number of aryl methyl sites for hydroxylation is 2. The summed E-state index contributed by atoms with van der Waals surface area (Å²) in [4.78, 5) is 18.2. The highest BCUT2D eigenvalue weighted by molar-refractivity contribution is 5.75. The number of aromatic nitrogens is 6. The number of benzene rings is 1. The van der Waals surface area contributed by atoms with Gasteiger partial charge in [-0.1, -0.05) is 30.3 Å². The van der Waals surface area contributed by atoms with Crippen molar-refractivity contribution >= 4 is 5.91 Å². The monoisotopic (exact) mass is 351 g/mol. The van der Waals surface area contributed by atoms with Crippen molar-refractivity contribution in [3.63, 3.8) is 0 Å². The Bertz CT molecular complexity index is 857. The molecule has 0 aliphatic carbocycles. The lowest BCUT2D eigenvalue weighted by Gasteiger charge is -2.19. The molecule has 3 aromatic rings. The molecule has 0 spiro atoms. The Labute approximate surface area is 151 Å². The molecular formula is C18H21N7O. The van der Waals surface area contributed by atoms with E-state index < -0.39 is 0 Å².